The van der Waals surface area contributed by atoms with Crippen LogP contribution in [0.25, 0.3) is 22.6 Å². The minimum absolute atomic E-state index is 0.189. The van der Waals surface area contributed by atoms with Crippen molar-refractivity contribution >= 4 is 11.3 Å². The van der Waals surface area contributed by atoms with Crippen molar-refractivity contribution in [2.24, 2.45) is 7.05 Å². The number of aryl methyl sites for hydroxylation is 1. The highest BCUT2D eigenvalue weighted by atomic mass is 19.1. The number of halogens is 1. The van der Waals surface area contributed by atoms with Gasteiger partial charge in [0.2, 0.25) is 0 Å². The van der Waals surface area contributed by atoms with Gasteiger partial charge in [-0.15, -0.1) is 0 Å². The van der Waals surface area contributed by atoms with E-state index in [2.05, 4.69) is 24.5 Å². The van der Waals surface area contributed by atoms with Crippen LogP contribution in [0.3, 0.4) is 0 Å². The second kappa shape index (κ2) is 7.36. The van der Waals surface area contributed by atoms with E-state index in [4.69, 9.17) is 4.98 Å². The van der Waals surface area contributed by atoms with Crippen molar-refractivity contribution in [1.82, 2.24) is 34.2 Å². The largest absolute Gasteiger partial charge is 0.311 e. The summed E-state index contributed by atoms with van der Waals surface area (Å²) in [6, 6.07) is 7.12. The monoisotopic (exact) mass is 391 g/mol. The van der Waals surface area contributed by atoms with E-state index in [9.17, 15) is 4.39 Å². The van der Waals surface area contributed by atoms with Gasteiger partial charge in [0.25, 0.3) is 0 Å². The summed E-state index contributed by atoms with van der Waals surface area (Å²) in [5.41, 5.74) is 4.39. The molecule has 0 aliphatic carbocycles. The normalized spacial score (nSPS) is 15.9. The van der Waals surface area contributed by atoms with Crippen molar-refractivity contribution in [3.63, 3.8) is 0 Å². The zero-order valence-electron chi connectivity index (χ0n) is 16.2. The molecule has 4 aromatic rings. The average Bonchev–Trinajstić information content (AvgIpc) is 3.36. The van der Waals surface area contributed by atoms with Crippen LogP contribution in [0.5, 0.6) is 0 Å². The zero-order valence-corrected chi connectivity index (χ0v) is 16.2. The summed E-state index contributed by atoms with van der Waals surface area (Å²) < 4.78 is 17.0. The molecule has 0 atom stereocenters. The second-order valence-corrected chi connectivity index (χ2v) is 7.59. The molecule has 29 heavy (non-hydrogen) atoms. The number of hydrogen-bond acceptors (Lipinski definition) is 5. The summed E-state index contributed by atoms with van der Waals surface area (Å²) in [5, 5.41) is 4.22. The van der Waals surface area contributed by atoms with Gasteiger partial charge in [0, 0.05) is 44.5 Å². The van der Waals surface area contributed by atoms with Gasteiger partial charge in [0.05, 0.1) is 24.4 Å². The Labute approximate surface area is 167 Å². The smallest absolute Gasteiger partial charge is 0.197 e. The molecule has 1 aromatic carbocycles. The fourth-order valence-corrected chi connectivity index (χ4v) is 3.97. The molecule has 4 heterocycles. The molecule has 0 N–H and O–H groups in total. The van der Waals surface area contributed by atoms with E-state index in [1.165, 1.54) is 12.1 Å². The molecule has 0 unspecified atom stereocenters. The molecular weight excluding hydrogens is 369 g/mol. The number of benzene rings is 1. The summed E-state index contributed by atoms with van der Waals surface area (Å²) in [7, 11) is 1.89. The third kappa shape index (κ3) is 3.63. The van der Waals surface area contributed by atoms with Gasteiger partial charge in [-0.1, -0.05) is 12.1 Å². The Morgan fingerprint density at radius 3 is 2.59 bits per heavy atom. The van der Waals surface area contributed by atoms with Crippen molar-refractivity contribution in [1.29, 1.82) is 0 Å². The predicted molar refractivity (Wildman–Crippen MR) is 107 cm³/mol. The standard InChI is InChI=1S/C21H22FN7/c1-27-13-16(10-25-27)19-11-23-20-21(26-19)29(14-24-20)18-6-8-28(9-7-18)12-15-2-4-17(22)5-3-15/h2-5,10-11,13-14,18H,6-9,12H2,1H3. The first-order valence-corrected chi connectivity index (χ1v) is 9.81. The van der Waals surface area contributed by atoms with Crippen molar-refractivity contribution < 1.29 is 4.39 Å². The highest BCUT2D eigenvalue weighted by molar-refractivity contribution is 5.70. The van der Waals surface area contributed by atoms with Crippen LogP contribution < -0.4 is 0 Å². The third-order valence-corrected chi connectivity index (χ3v) is 5.56. The summed E-state index contributed by atoms with van der Waals surface area (Å²) >= 11 is 0. The lowest BCUT2D eigenvalue weighted by molar-refractivity contribution is 0.181. The maximum Gasteiger partial charge on any atom is 0.197 e. The van der Waals surface area contributed by atoms with Crippen LogP contribution >= 0.6 is 0 Å². The molecule has 1 fully saturated rings. The summed E-state index contributed by atoms with van der Waals surface area (Å²) in [6.45, 7) is 2.82. The summed E-state index contributed by atoms with van der Waals surface area (Å²) in [6.07, 6.45) is 9.38. The van der Waals surface area contributed by atoms with Crippen molar-refractivity contribution in [3.8, 4) is 11.3 Å². The lowest BCUT2D eigenvalue weighted by Crippen LogP contribution is -2.34. The first kappa shape index (κ1) is 17.9. The molecule has 0 spiro atoms. The van der Waals surface area contributed by atoms with Gasteiger partial charge < -0.3 is 4.57 Å². The average molecular weight is 391 g/mol. The predicted octanol–water partition coefficient (Wildman–Crippen LogP) is 3.20. The number of nitrogens with zero attached hydrogens (tertiary/aromatic N) is 7. The summed E-state index contributed by atoms with van der Waals surface area (Å²) in [5.74, 6) is -0.189. The van der Waals surface area contributed by atoms with E-state index in [0.29, 0.717) is 11.7 Å². The van der Waals surface area contributed by atoms with Gasteiger partial charge >= 0.3 is 0 Å². The molecule has 0 saturated carbocycles. The Morgan fingerprint density at radius 1 is 1.07 bits per heavy atom. The van der Waals surface area contributed by atoms with Gasteiger partial charge in [-0.3, -0.25) is 9.58 Å². The Kier molecular flexibility index (Phi) is 4.55. The van der Waals surface area contributed by atoms with Crippen LogP contribution in [0, 0.1) is 5.82 Å². The van der Waals surface area contributed by atoms with E-state index >= 15 is 0 Å². The highest BCUT2D eigenvalue weighted by Crippen LogP contribution is 2.27. The SMILES string of the molecule is Cn1cc(-c2cnc3ncn(C4CCN(Cc5ccc(F)cc5)CC4)c3n2)cn1. The lowest BCUT2D eigenvalue weighted by atomic mass is 10.0. The fourth-order valence-electron chi connectivity index (χ4n) is 3.97. The molecular formula is C21H22FN7. The number of imidazole rings is 1. The van der Waals surface area contributed by atoms with Crippen LogP contribution in [-0.2, 0) is 13.6 Å². The number of likely N-dealkylation sites (tertiary alicyclic amines) is 1. The molecule has 0 bridgehead atoms. The van der Waals surface area contributed by atoms with E-state index in [-0.39, 0.29) is 5.82 Å². The molecule has 1 aliphatic heterocycles. The number of rotatable bonds is 4. The van der Waals surface area contributed by atoms with Gasteiger partial charge in [-0.05, 0) is 30.5 Å². The molecule has 5 rings (SSSR count). The minimum atomic E-state index is -0.189. The van der Waals surface area contributed by atoms with Gasteiger partial charge in [0.15, 0.2) is 11.3 Å². The fraction of sp³-hybridized carbons (Fsp3) is 0.333. The topological polar surface area (TPSA) is 64.7 Å². The second-order valence-electron chi connectivity index (χ2n) is 7.59. The van der Waals surface area contributed by atoms with Gasteiger partial charge in [0.1, 0.15) is 5.82 Å². The van der Waals surface area contributed by atoms with E-state index in [0.717, 1.165) is 54.9 Å². The third-order valence-electron chi connectivity index (χ3n) is 5.56. The highest BCUT2D eigenvalue weighted by Gasteiger charge is 2.23. The molecule has 148 valence electrons. The Balaban J connectivity index is 1.32. The molecule has 1 saturated heterocycles. The quantitative estimate of drug-likeness (QED) is 0.535. The lowest BCUT2D eigenvalue weighted by Gasteiger charge is -2.32. The Morgan fingerprint density at radius 2 is 1.86 bits per heavy atom. The van der Waals surface area contributed by atoms with Crippen molar-refractivity contribution in [2.45, 2.75) is 25.4 Å². The molecule has 7 nitrogen and oxygen atoms in total. The van der Waals surface area contributed by atoms with Crippen LogP contribution in [-0.4, -0.2) is 47.3 Å². The molecule has 1 aliphatic rings. The molecule has 8 heteroatoms. The zero-order chi connectivity index (χ0) is 19.8. The Bertz CT molecular complexity index is 1120. The number of fused-ring (bicyclic) bond motifs is 1. The van der Waals surface area contributed by atoms with Crippen molar-refractivity contribution in [3.05, 3.63) is 60.6 Å². The number of aromatic nitrogens is 6. The van der Waals surface area contributed by atoms with E-state index in [1.54, 1.807) is 17.1 Å². The van der Waals surface area contributed by atoms with E-state index < -0.39 is 0 Å². The first-order valence-electron chi connectivity index (χ1n) is 9.81. The summed E-state index contributed by atoms with van der Waals surface area (Å²) in [4.78, 5) is 16.2. The van der Waals surface area contributed by atoms with Crippen molar-refractivity contribution in [2.75, 3.05) is 13.1 Å². The molecule has 0 amide bonds. The van der Waals surface area contributed by atoms with Crippen LogP contribution in [0.2, 0.25) is 0 Å². The maximum atomic E-state index is 13.1. The number of piperidine rings is 1. The van der Waals surface area contributed by atoms with E-state index in [1.807, 2.05) is 31.7 Å². The maximum absolute atomic E-state index is 13.1. The minimum Gasteiger partial charge on any atom is -0.311 e. The first-order chi connectivity index (χ1) is 14.2. The van der Waals surface area contributed by atoms with Gasteiger partial charge in [-0.2, -0.15) is 5.10 Å². The molecule has 3 aromatic heterocycles. The van der Waals surface area contributed by atoms with Crippen LogP contribution in [0.1, 0.15) is 24.4 Å². The Hall–Kier alpha value is -3.13. The van der Waals surface area contributed by atoms with Crippen LogP contribution in [0.4, 0.5) is 4.39 Å². The molecule has 0 radical (unpaired) electrons. The number of hydrogen-bond donors (Lipinski definition) is 0. The van der Waals surface area contributed by atoms with Gasteiger partial charge in [-0.25, -0.2) is 19.3 Å². The van der Waals surface area contributed by atoms with Crippen LogP contribution in [0.15, 0.2) is 49.2 Å².